The Morgan fingerprint density at radius 3 is 2.71 bits per heavy atom. The molecular weight excluding hydrogens is 326 g/mol. The minimum atomic E-state index is -1.26. The molecular formula is C17H23N3O3S. The van der Waals surface area contributed by atoms with E-state index in [1.165, 1.54) is 0 Å². The van der Waals surface area contributed by atoms with Crippen LogP contribution in [-0.4, -0.2) is 47.1 Å². The van der Waals surface area contributed by atoms with Crippen molar-refractivity contribution in [3.8, 4) is 0 Å². The number of nitrogens with one attached hydrogen (secondary N) is 1. The summed E-state index contributed by atoms with van der Waals surface area (Å²) in [6.45, 7) is 1.54. The van der Waals surface area contributed by atoms with Crippen molar-refractivity contribution in [3.63, 3.8) is 0 Å². The van der Waals surface area contributed by atoms with Crippen molar-refractivity contribution in [2.45, 2.75) is 24.9 Å². The van der Waals surface area contributed by atoms with Gasteiger partial charge in [-0.15, -0.1) is 0 Å². The summed E-state index contributed by atoms with van der Waals surface area (Å²) in [6, 6.07) is 7.61. The maximum absolute atomic E-state index is 12.3. The maximum atomic E-state index is 12.3. The smallest absolute Gasteiger partial charge is 0.257 e. The number of rotatable bonds is 4. The molecule has 0 spiro atoms. The largest absolute Gasteiger partial charge is 0.379 e. The van der Waals surface area contributed by atoms with E-state index in [-0.39, 0.29) is 17.7 Å². The quantitative estimate of drug-likeness (QED) is 0.759. The first kappa shape index (κ1) is 17.1. The Kier molecular flexibility index (Phi) is 5.01. The number of carbonyl (C=O) groups excluding carboxylic acids is 2. The fourth-order valence-electron chi connectivity index (χ4n) is 3.18. The number of thioether (sulfide) groups is 1. The Labute approximate surface area is 145 Å². The van der Waals surface area contributed by atoms with Gasteiger partial charge in [-0.3, -0.25) is 9.59 Å². The number of piperidine rings is 1. The SMILES string of the molecule is NC(=O)C1CCN(c2cccc(NC(=O)C3(O)CCSC3)c2)CC1. The van der Waals surface area contributed by atoms with Crippen molar-refractivity contribution in [1.29, 1.82) is 0 Å². The molecule has 0 radical (unpaired) electrons. The number of amides is 2. The van der Waals surface area contributed by atoms with Gasteiger partial charge in [0, 0.05) is 36.1 Å². The molecule has 1 aromatic carbocycles. The average molecular weight is 349 g/mol. The van der Waals surface area contributed by atoms with Crippen molar-refractivity contribution in [2.75, 3.05) is 34.8 Å². The number of benzene rings is 1. The lowest BCUT2D eigenvalue weighted by atomic mass is 9.96. The monoisotopic (exact) mass is 349 g/mol. The van der Waals surface area contributed by atoms with E-state index in [1.807, 2.05) is 24.3 Å². The molecule has 0 aliphatic carbocycles. The summed E-state index contributed by atoms with van der Waals surface area (Å²) in [6.07, 6.45) is 2.00. The zero-order valence-corrected chi connectivity index (χ0v) is 14.3. The molecule has 0 bridgehead atoms. The number of primary amides is 1. The highest BCUT2D eigenvalue weighted by Crippen LogP contribution is 2.30. The molecule has 130 valence electrons. The van der Waals surface area contributed by atoms with Crippen molar-refractivity contribution in [3.05, 3.63) is 24.3 Å². The summed E-state index contributed by atoms with van der Waals surface area (Å²) in [7, 11) is 0. The number of carbonyl (C=O) groups is 2. The fourth-order valence-corrected chi connectivity index (χ4v) is 4.42. The van der Waals surface area contributed by atoms with E-state index < -0.39 is 5.60 Å². The van der Waals surface area contributed by atoms with Crippen LogP contribution in [-0.2, 0) is 9.59 Å². The minimum absolute atomic E-state index is 0.0433. The molecule has 4 N–H and O–H groups in total. The summed E-state index contributed by atoms with van der Waals surface area (Å²) >= 11 is 1.59. The van der Waals surface area contributed by atoms with Gasteiger partial charge in [-0.1, -0.05) is 6.07 Å². The fraction of sp³-hybridized carbons (Fsp3) is 0.529. The predicted molar refractivity (Wildman–Crippen MR) is 96.1 cm³/mol. The third kappa shape index (κ3) is 3.67. The molecule has 7 heteroatoms. The Morgan fingerprint density at radius 2 is 2.08 bits per heavy atom. The molecule has 24 heavy (non-hydrogen) atoms. The van der Waals surface area contributed by atoms with Crippen LogP contribution in [0.3, 0.4) is 0 Å². The van der Waals surface area contributed by atoms with E-state index in [0.29, 0.717) is 17.9 Å². The number of nitrogens with zero attached hydrogens (tertiary/aromatic N) is 1. The minimum Gasteiger partial charge on any atom is -0.379 e. The molecule has 1 unspecified atom stereocenters. The van der Waals surface area contributed by atoms with Gasteiger partial charge in [0.15, 0.2) is 5.60 Å². The van der Waals surface area contributed by atoms with Gasteiger partial charge in [-0.25, -0.2) is 0 Å². The molecule has 2 saturated heterocycles. The standard InChI is InChI=1S/C17H23N3O3S/c18-15(21)12-4-7-20(8-5-12)14-3-1-2-13(10-14)19-16(22)17(23)6-9-24-11-17/h1-3,10,12,23H,4-9,11H2,(H2,18,21)(H,19,22). The van der Waals surface area contributed by atoms with Gasteiger partial charge in [0.2, 0.25) is 5.91 Å². The van der Waals surface area contributed by atoms with Gasteiger partial charge in [0.05, 0.1) is 0 Å². The molecule has 1 aromatic rings. The highest BCUT2D eigenvalue weighted by molar-refractivity contribution is 7.99. The van der Waals surface area contributed by atoms with Crippen molar-refractivity contribution in [1.82, 2.24) is 0 Å². The van der Waals surface area contributed by atoms with E-state index in [2.05, 4.69) is 10.2 Å². The Morgan fingerprint density at radius 1 is 1.33 bits per heavy atom. The van der Waals surface area contributed by atoms with Crippen molar-refractivity contribution >= 4 is 35.0 Å². The zero-order valence-electron chi connectivity index (χ0n) is 13.5. The third-order valence-corrected chi connectivity index (χ3v) is 5.96. The number of hydrogen-bond acceptors (Lipinski definition) is 5. The second-order valence-corrected chi connectivity index (χ2v) is 7.61. The normalized spacial score (nSPS) is 24.8. The lowest BCUT2D eigenvalue weighted by Crippen LogP contribution is -2.43. The van der Waals surface area contributed by atoms with Crippen LogP contribution in [0, 0.1) is 5.92 Å². The number of nitrogens with two attached hydrogens (primary N) is 1. The summed E-state index contributed by atoms with van der Waals surface area (Å²) in [5, 5.41) is 13.2. The van der Waals surface area contributed by atoms with Gasteiger partial charge >= 0.3 is 0 Å². The lowest BCUT2D eigenvalue weighted by Gasteiger charge is -2.32. The number of aliphatic hydroxyl groups is 1. The summed E-state index contributed by atoms with van der Waals surface area (Å²) < 4.78 is 0. The first-order chi connectivity index (χ1) is 11.5. The molecule has 6 nitrogen and oxygen atoms in total. The molecule has 1 atom stereocenters. The van der Waals surface area contributed by atoms with E-state index in [1.54, 1.807) is 11.8 Å². The summed E-state index contributed by atoms with van der Waals surface area (Å²) in [5.41, 5.74) is 5.79. The molecule has 2 heterocycles. The van der Waals surface area contributed by atoms with E-state index >= 15 is 0 Å². The predicted octanol–water partition coefficient (Wildman–Crippen LogP) is 1.19. The van der Waals surface area contributed by atoms with E-state index in [9.17, 15) is 14.7 Å². The third-order valence-electron chi connectivity index (χ3n) is 4.79. The van der Waals surface area contributed by atoms with Gasteiger partial charge in [0.25, 0.3) is 5.91 Å². The maximum Gasteiger partial charge on any atom is 0.257 e. The van der Waals surface area contributed by atoms with Crippen LogP contribution in [0.5, 0.6) is 0 Å². The first-order valence-electron chi connectivity index (χ1n) is 8.24. The van der Waals surface area contributed by atoms with E-state index in [0.717, 1.165) is 37.4 Å². The second kappa shape index (κ2) is 7.03. The Balaban J connectivity index is 1.64. The second-order valence-electron chi connectivity index (χ2n) is 6.50. The molecule has 2 aliphatic heterocycles. The molecule has 2 aliphatic rings. The highest BCUT2D eigenvalue weighted by atomic mass is 32.2. The van der Waals surface area contributed by atoms with Crippen LogP contribution in [0.1, 0.15) is 19.3 Å². The number of anilines is 2. The molecule has 2 amide bonds. The first-order valence-corrected chi connectivity index (χ1v) is 9.39. The molecule has 0 saturated carbocycles. The Hall–Kier alpha value is -1.73. The zero-order chi connectivity index (χ0) is 17.2. The number of hydrogen-bond donors (Lipinski definition) is 3. The van der Waals surface area contributed by atoms with Crippen LogP contribution >= 0.6 is 11.8 Å². The van der Waals surface area contributed by atoms with Crippen LogP contribution in [0.2, 0.25) is 0 Å². The Bertz CT molecular complexity index is 623. The van der Waals surface area contributed by atoms with Crippen LogP contribution in [0.25, 0.3) is 0 Å². The van der Waals surface area contributed by atoms with Crippen LogP contribution in [0.4, 0.5) is 11.4 Å². The van der Waals surface area contributed by atoms with Crippen molar-refractivity contribution < 1.29 is 14.7 Å². The summed E-state index contributed by atoms with van der Waals surface area (Å²) in [5.74, 6) is 0.645. The van der Waals surface area contributed by atoms with Gasteiger partial charge in [-0.2, -0.15) is 11.8 Å². The average Bonchev–Trinajstić information content (AvgIpc) is 3.03. The highest BCUT2D eigenvalue weighted by Gasteiger charge is 2.39. The molecule has 0 aromatic heterocycles. The topological polar surface area (TPSA) is 95.7 Å². The van der Waals surface area contributed by atoms with Gasteiger partial charge in [0.1, 0.15) is 0 Å². The van der Waals surface area contributed by atoms with E-state index in [4.69, 9.17) is 5.73 Å². The lowest BCUT2D eigenvalue weighted by molar-refractivity contribution is -0.131. The summed E-state index contributed by atoms with van der Waals surface area (Å²) in [4.78, 5) is 25.8. The van der Waals surface area contributed by atoms with Crippen LogP contribution < -0.4 is 16.0 Å². The van der Waals surface area contributed by atoms with Crippen LogP contribution in [0.15, 0.2) is 24.3 Å². The van der Waals surface area contributed by atoms with Gasteiger partial charge < -0.3 is 21.1 Å². The molecule has 3 rings (SSSR count). The van der Waals surface area contributed by atoms with Gasteiger partial charge in [-0.05, 0) is 43.2 Å². The molecule has 2 fully saturated rings. The van der Waals surface area contributed by atoms with Crippen molar-refractivity contribution in [2.24, 2.45) is 11.7 Å².